The van der Waals surface area contributed by atoms with E-state index < -0.39 is 5.97 Å². The maximum Gasteiger partial charge on any atom is 0.307 e. The third kappa shape index (κ3) is 6.12. The van der Waals surface area contributed by atoms with Gasteiger partial charge in [0.2, 0.25) is 0 Å². The predicted octanol–water partition coefficient (Wildman–Crippen LogP) is 4.27. The third-order valence-electron chi connectivity index (χ3n) is 5.48. The monoisotopic (exact) mass is 504 g/mol. The molecule has 1 unspecified atom stereocenters. The molecule has 2 aromatic carbocycles. The highest BCUT2D eigenvalue weighted by molar-refractivity contribution is 6.29. The van der Waals surface area contributed by atoms with Gasteiger partial charge in [-0.2, -0.15) is 0 Å². The first kappa shape index (κ1) is 25.0. The minimum absolute atomic E-state index is 0.126. The molecular weight excluding hydrogens is 480 g/mol. The van der Waals surface area contributed by atoms with Crippen molar-refractivity contribution in [3.63, 3.8) is 0 Å². The number of nitrogens with zero attached hydrogens (tertiary/aromatic N) is 4. The lowest BCUT2D eigenvalue weighted by Gasteiger charge is -2.24. The molecule has 0 bridgehead atoms. The van der Waals surface area contributed by atoms with Gasteiger partial charge in [0, 0.05) is 29.4 Å². The first-order valence-corrected chi connectivity index (χ1v) is 11.6. The lowest BCUT2D eigenvalue weighted by molar-refractivity contribution is -0.136. The molecule has 184 valence electrons. The van der Waals surface area contributed by atoms with E-state index in [2.05, 4.69) is 25.6 Å². The van der Waals surface area contributed by atoms with Gasteiger partial charge in [-0.25, -0.2) is 15.0 Å². The Morgan fingerprint density at radius 2 is 1.86 bits per heavy atom. The zero-order valence-electron chi connectivity index (χ0n) is 19.8. The normalized spacial score (nSPS) is 11.9. The van der Waals surface area contributed by atoms with Crippen molar-refractivity contribution in [3.05, 3.63) is 89.0 Å². The maximum atomic E-state index is 12.7. The molecule has 9 nitrogen and oxygen atoms in total. The third-order valence-corrected chi connectivity index (χ3v) is 5.69. The summed E-state index contributed by atoms with van der Waals surface area (Å²) >= 11 is 5.92. The zero-order chi connectivity index (χ0) is 25.7. The van der Waals surface area contributed by atoms with Crippen molar-refractivity contribution in [1.29, 1.82) is 0 Å². The van der Waals surface area contributed by atoms with E-state index >= 15 is 0 Å². The van der Waals surface area contributed by atoms with Crippen molar-refractivity contribution >= 4 is 45.9 Å². The van der Waals surface area contributed by atoms with E-state index in [0.717, 1.165) is 10.9 Å². The highest BCUT2D eigenvalue weighted by Gasteiger charge is 2.18. The highest BCUT2D eigenvalue weighted by Crippen LogP contribution is 2.28. The van der Waals surface area contributed by atoms with Crippen LogP contribution in [0.3, 0.4) is 0 Å². The van der Waals surface area contributed by atoms with Crippen molar-refractivity contribution in [2.45, 2.75) is 12.5 Å². The Balaban J connectivity index is 1.63. The van der Waals surface area contributed by atoms with Crippen LogP contribution in [0.5, 0.6) is 0 Å². The SMILES string of the molecule is CN(C)CC(Nc1ncnc2c(CC(=O)O)cccc12)c1cccc(NC(=O)c2ccnc(Cl)c2)c1. The summed E-state index contributed by atoms with van der Waals surface area (Å²) in [6, 6.07) is 15.9. The quantitative estimate of drug-likeness (QED) is 0.289. The van der Waals surface area contributed by atoms with Gasteiger partial charge in [0.15, 0.2) is 0 Å². The van der Waals surface area contributed by atoms with Gasteiger partial charge in [-0.3, -0.25) is 9.59 Å². The predicted molar refractivity (Wildman–Crippen MR) is 139 cm³/mol. The van der Waals surface area contributed by atoms with Crippen LogP contribution in [0.2, 0.25) is 5.15 Å². The van der Waals surface area contributed by atoms with Crippen LogP contribution < -0.4 is 10.6 Å². The number of hydrogen-bond acceptors (Lipinski definition) is 7. The van der Waals surface area contributed by atoms with Gasteiger partial charge in [0.05, 0.1) is 18.0 Å². The maximum absolute atomic E-state index is 12.7. The van der Waals surface area contributed by atoms with Crippen LogP contribution >= 0.6 is 11.6 Å². The fraction of sp³-hybridized carbons (Fsp3) is 0.192. The first-order valence-electron chi connectivity index (χ1n) is 11.2. The number of rotatable bonds is 9. The summed E-state index contributed by atoms with van der Waals surface area (Å²) in [6.07, 6.45) is 2.79. The van der Waals surface area contributed by atoms with E-state index in [9.17, 15) is 14.7 Å². The number of aliphatic carboxylic acids is 1. The van der Waals surface area contributed by atoms with Gasteiger partial charge in [-0.15, -0.1) is 0 Å². The number of aromatic nitrogens is 3. The number of carbonyl (C=O) groups is 2. The molecule has 0 aliphatic rings. The van der Waals surface area contributed by atoms with Gasteiger partial charge in [-0.05, 0) is 55.6 Å². The lowest BCUT2D eigenvalue weighted by Crippen LogP contribution is -2.26. The van der Waals surface area contributed by atoms with Crippen molar-refractivity contribution < 1.29 is 14.7 Å². The summed E-state index contributed by atoms with van der Waals surface area (Å²) in [5, 5.41) is 16.6. The Hall–Kier alpha value is -4.08. The lowest BCUT2D eigenvalue weighted by atomic mass is 10.0. The molecule has 2 heterocycles. The highest BCUT2D eigenvalue weighted by atomic mass is 35.5. The molecule has 3 N–H and O–H groups in total. The molecule has 0 saturated carbocycles. The average molecular weight is 505 g/mol. The topological polar surface area (TPSA) is 120 Å². The summed E-state index contributed by atoms with van der Waals surface area (Å²) in [5.74, 6) is -0.615. The minimum Gasteiger partial charge on any atom is -0.481 e. The number of pyridine rings is 1. The summed E-state index contributed by atoms with van der Waals surface area (Å²) in [7, 11) is 3.94. The number of para-hydroxylation sites is 1. The number of carbonyl (C=O) groups excluding carboxylic acids is 1. The second-order valence-electron chi connectivity index (χ2n) is 8.51. The number of carboxylic acids is 1. The van der Waals surface area contributed by atoms with Crippen LogP contribution in [0.15, 0.2) is 67.1 Å². The number of halogens is 1. The van der Waals surface area contributed by atoms with Crippen LogP contribution in [0, 0.1) is 0 Å². The zero-order valence-corrected chi connectivity index (χ0v) is 20.5. The Bertz CT molecular complexity index is 1410. The molecule has 4 aromatic rings. The molecule has 10 heteroatoms. The molecule has 1 atom stereocenters. The summed E-state index contributed by atoms with van der Waals surface area (Å²) in [5.41, 5.74) is 3.19. The van der Waals surface area contributed by atoms with Crippen molar-refractivity contribution in [2.75, 3.05) is 31.3 Å². The number of hydrogen-bond donors (Lipinski definition) is 3. The Labute approximate surface area is 213 Å². The summed E-state index contributed by atoms with van der Waals surface area (Å²) in [4.78, 5) is 38.7. The van der Waals surface area contributed by atoms with Gasteiger partial charge in [0.1, 0.15) is 17.3 Å². The minimum atomic E-state index is -0.922. The second kappa shape index (κ2) is 11.1. The molecule has 0 saturated heterocycles. The number of benzene rings is 2. The Kier molecular flexibility index (Phi) is 7.72. The van der Waals surface area contributed by atoms with E-state index in [1.165, 1.54) is 18.6 Å². The van der Waals surface area contributed by atoms with E-state index in [-0.39, 0.29) is 23.5 Å². The largest absolute Gasteiger partial charge is 0.481 e. The average Bonchev–Trinajstić information content (AvgIpc) is 2.84. The number of fused-ring (bicyclic) bond motifs is 1. The molecule has 36 heavy (non-hydrogen) atoms. The van der Waals surface area contributed by atoms with Crippen molar-refractivity contribution in [2.24, 2.45) is 0 Å². The molecule has 0 aliphatic heterocycles. The van der Waals surface area contributed by atoms with Gasteiger partial charge in [-0.1, -0.05) is 35.9 Å². The molecule has 0 spiro atoms. The fourth-order valence-electron chi connectivity index (χ4n) is 3.91. The number of likely N-dealkylation sites (N-methyl/N-ethyl adjacent to an activating group) is 1. The molecule has 2 aromatic heterocycles. The van der Waals surface area contributed by atoms with Gasteiger partial charge >= 0.3 is 5.97 Å². The van der Waals surface area contributed by atoms with Gasteiger partial charge in [0.25, 0.3) is 5.91 Å². The van der Waals surface area contributed by atoms with Crippen LogP contribution in [0.25, 0.3) is 10.9 Å². The van der Waals surface area contributed by atoms with E-state index in [1.54, 1.807) is 18.2 Å². The summed E-state index contributed by atoms with van der Waals surface area (Å²) in [6.45, 7) is 0.637. The van der Waals surface area contributed by atoms with Crippen LogP contribution in [-0.4, -0.2) is 57.5 Å². The first-order chi connectivity index (χ1) is 17.3. The van der Waals surface area contributed by atoms with Crippen molar-refractivity contribution in [3.8, 4) is 0 Å². The van der Waals surface area contributed by atoms with Crippen LogP contribution in [0.4, 0.5) is 11.5 Å². The number of amides is 1. The number of anilines is 2. The van der Waals surface area contributed by atoms with Crippen LogP contribution in [-0.2, 0) is 11.2 Å². The molecule has 0 fully saturated rings. The second-order valence-corrected chi connectivity index (χ2v) is 8.90. The standard InChI is InChI=1S/C26H25ClN6O3/c1-33(2)14-21(32-25-20-8-4-6-17(13-23(34)35)24(20)29-15-30-25)16-5-3-7-19(11-16)31-26(36)18-9-10-28-22(27)12-18/h3-12,15,21H,13-14H2,1-2H3,(H,31,36)(H,34,35)(H,29,30,32). The Morgan fingerprint density at radius 3 is 2.61 bits per heavy atom. The fourth-order valence-corrected chi connectivity index (χ4v) is 4.09. The van der Waals surface area contributed by atoms with E-state index in [1.807, 2.05) is 49.3 Å². The van der Waals surface area contributed by atoms with Crippen LogP contribution in [0.1, 0.15) is 27.5 Å². The molecule has 0 aliphatic carbocycles. The molecule has 0 radical (unpaired) electrons. The van der Waals surface area contributed by atoms with Crippen molar-refractivity contribution in [1.82, 2.24) is 19.9 Å². The van der Waals surface area contributed by atoms with Gasteiger partial charge < -0.3 is 20.6 Å². The van der Waals surface area contributed by atoms with E-state index in [4.69, 9.17) is 11.6 Å². The number of nitrogens with one attached hydrogen (secondary N) is 2. The smallest absolute Gasteiger partial charge is 0.307 e. The number of carboxylic acid groups (broad SMARTS) is 1. The van der Waals surface area contributed by atoms with E-state index in [0.29, 0.717) is 34.7 Å². The molecule has 1 amide bonds. The Morgan fingerprint density at radius 1 is 1.06 bits per heavy atom. The summed E-state index contributed by atoms with van der Waals surface area (Å²) < 4.78 is 0. The molecule has 4 rings (SSSR count). The molecular formula is C26H25ClN6O3.